The number of ether oxygens (including phenoxy) is 2. The summed E-state index contributed by atoms with van der Waals surface area (Å²) in [5.41, 5.74) is 0.868. The van der Waals surface area contributed by atoms with E-state index >= 15 is 0 Å². The number of carbonyl (C=O) groups is 1. The number of pyridine rings is 1. The lowest BCUT2D eigenvalue weighted by Gasteiger charge is -2.23. The van der Waals surface area contributed by atoms with Crippen LogP contribution in [0.5, 0.6) is 0 Å². The molecule has 1 aromatic heterocycles. The van der Waals surface area contributed by atoms with Gasteiger partial charge in [-0.15, -0.1) is 0 Å². The fourth-order valence-electron chi connectivity index (χ4n) is 4.06. The van der Waals surface area contributed by atoms with E-state index in [9.17, 15) is 18.4 Å². The molecule has 1 aliphatic heterocycles. The lowest BCUT2D eigenvalue weighted by Crippen LogP contribution is -2.24. The fraction of sp³-hybridized carbons (Fsp3) is 0.467. The minimum Gasteiger partial charge on any atom is -0.353 e. The van der Waals surface area contributed by atoms with Gasteiger partial charge < -0.3 is 14.0 Å². The van der Waals surface area contributed by atoms with Gasteiger partial charge in [0, 0.05) is 31.2 Å². The van der Waals surface area contributed by atoms with Crippen LogP contribution in [0.4, 0.5) is 8.78 Å². The summed E-state index contributed by atoms with van der Waals surface area (Å²) >= 11 is 0. The van der Waals surface area contributed by atoms with Crippen LogP contribution < -0.4 is 5.43 Å². The molecule has 7 heteroatoms. The van der Waals surface area contributed by atoms with Gasteiger partial charge in [-0.05, 0) is 55.0 Å². The third kappa shape index (κ3) is 8.04. The summed E-state index contributed by atoms with van der Waals surface area (Å²) < 4.78 is 42.4. The summed E-state index contributed by atoms with van der Waals surface area (Å²) in [6, 6.07) is 7.64. The Morgan fingerprint density at radius 3 is 2.51 bits per heavy atom. The molecule has 0 radical (unpaired) electrons. The van der Waals surface area contributed by atoms with Crippen molar-refractivity contribution < 1.29 is 23.0 Å². The predicted molar refractivity (Wildman–Crippen MR) is 144 cm³/mol. The molecule has 0 amide bonds. The van der Waals surface area contributed by atoms with Crippen molar-refractivity contribution in [2.24, 2.45) is 0 Å². The van der Waals surface area contributed by atoms with Gasteiger partial charge in [-0.3, -0.25) is 9.59 Å². The average Bonchev–Trinajstić information content (AvgIpc) is 2.91. The second-order valence-electron chi connectivity index (χ2n) is 8.78. The molecular formula is C30H39F2NO4. The number of aldehydes is 1. The second-order valence-corrected chi connectivity index (χ2v) is 8.78. The summed E-state index contributed by atoms with van der Waals surface area (Å²) in [5, 5.41) is 0.216. The number of carbonyl (C=O) groups excluding carboxylic acids is 1. The predicted octanol–water partition coefficient (Wildman–Crippen LogP) is 6.98. The molecule has 0 bridgehead atoms. The molecule has 0 aliphatic carbocycles. The molecule has 2 aromatic carbocycles. The van der Waals surface area contributed by atoms with Gasteiger partial charge in [-0.1, -0.05) is 52.3 Å². The Morgan fingerprint density at radius 1 is 1.14 bits per heavy atom. The van der Waals surface area contributed by atoms with Crippen LogP contribution >= 0.6 is 0 Å². The van der Waals surface area contributed by atoms with Crippen molar-refractivity contribution >= 4 is 17.2 Å². The Kier molecular flexibility index (Phi) is 12.6. The molecule has 4 rings (SSSR count). The lowest BCUT2D eigenvalue weighted by atomic mass is 9.99. The van der Waals surface area contributed by atoms with E-state index in [1.54, 1.807) is 29.7 Å². The highest BCUT2D eigenvalue weighted by atomic mass is 19.1. The third-order valence-corrected chi connectivity index (χ3v) is 5.83. The first-order valence-corrected chi connectivity index (χ1v) is 13.2. The molecule has 202 valence electrons. The van der Waals surface area contributed by atoms with E-state index in [1.165, 1.54) is 24.8 Å². The quantitative estimate of drug-likeness (QED) is 0.319. The Morgan fingerprint density at radius 2 is 1.86 bits per heavy atom. The lowest BCUT2D eigenvalue weighted by molar-refractivity contribution is -0.163. The topological polar surface area (TPSA) is 57.5 Å². The van der Waals surface area contributed by atoms with Crippen molar-refractivity contribution in [3.63, 3.8) is 0 Å². The van der Waals surface area contributed by atoms with E-state index < -0.39 is 17.1 Å². The first-order chi connectivity index (χ1) is 17.9. The van der Waals surface area contributed by atoms with Gasteiger partial charge in [-0.25, -0.2) is 8.78 Å². The molecular weight excluding hydrogens is 476 g/mol. The maximum Gasteiger partial charge on any atom is 0.199 e. The minimum atomic E-state index is -0.540. The van der Waals surface area contributed by atoms with Crippen LogP contribution in [-0.4, -0.2) is 30.4 Å². The first-order valence-electron chi connectivity index (χ1n) is 13.2. The summed E-state index contributed by atoms with van der Waals surface area (Å²) in [6.45, 7) is 11.2. The largest absolute Gasteiger partial charge is 0.353 e. The van der Waals surface area contributed by atoms with Crippen LogP contribution in [0, 0.1) is 18.6 Å². The number of hydrogen-bond donors (Lipinski definition) is 0. The molecule has 3 aromatic rings. The fourth-order valence-corrected chi connectivity index (χ4v) is 4.06. The molecule has 1 aliphatic rings. The Hall–Kier alpha value is -2.90. The molecule has 0 saturated carbocycles. The maximum atomic E-state index is 15.0. The molecule has 1 saturated heterocycles. The smallest absolute Gasteiger partial charge is 0.199 e. The number of aromatic nitrogens is 1. The van der Waals surface area contributed by atoms with Gasteiger partial charge >= 0.3 is 0 Å². The number of fused-ring (bicyclic) bond motifs is 1. The number of aryl methyl sites for hydroxylation is 1. The molecule has 0 spiro atoms. The average molecular weight is 516 g/mol. The summed E-state index contributed by atoms with van der Waals surface area (Å²) in [7, 11) is 0. The first kappa shape index (κ1) is 30.3. The molecule has 2 heterocycles. The van der Waals surface area contributed by atoms with Gasteiger partial charge in [0.25, 0.3) is 0 Å². The third-order valence-electron chi connectivity index (χ3n) is 5.83. The number of hydrogen-bond acceptors (Lipinski definition) is 4. The second kappa shape index (κ2) is 15.4. The summed E-state index contributed by atoms with van der Waals surface area (Å²) in [4.78, 5) is 24.3. The van der Waals surface area contributed by atoms with Crippen molar-refractivity contribution in [1.29, 1.82) is 0 Å². The molecule has 1 fully saturated rings. The van der Waals surface area contributed by atoms with Gasteiger partial charge in [0.1, 0.15) is 11.6 Å². The van der Waals surface area contributed by atoms with Crippen molar-refractivity contribution in [3.8, 4) is 0 Å². The maximum absolute atomic E-state index is 15.0. The monoisotopic (exact) mass is 515 g/mol. The Bertz CT molecular complexity index is 1220. The van der Waals surface area contributed by atoms with Crippen LogP contribution in [0.1, 0.15) is 80.4 Å². The van der Waals surface area contributed by atoms with Gasteiger partial charge in [0.2, 0.25) is 0 Å². The molecule has 1 unspecified atom stereocenters. The minimum absolute atomic E-state index is 0.00216. The molecule has 1 atom stereocenters. The van der Waals surface area contributed by atoms with E-state index in [1.807, 2.05) is 13.8 Å². The number of halogens is 2. The normalized spacial score (nSPS) is 14.8. The summed E-state index contributed by atoms with van der Waals surface area (Å²) in [5.74, 6) is -0.935. The van der Waals surface area contributed by atoms with E-state index in [-0.39, 0.29) is 29.2 Å². The van der Waals surface area contributed by atoms with Crippen LogP contribution in [0.3, 0.4) is 0 Å². The highest BCUT2D eigenvalue weighted by Gasteiger charge is 2.17. The van der Waals surface area contributed by atoms with Crippen LogP contribution in [0.25, 0.3) is 10.9 Å². The SMILES string of the molecule is CC.CCC.Cc1cccc(Cc2cc3c(=O)c(C=O)cn(CCOC4CCCCO4)c3cc2F)c1F. The van der Waals surface area contributed by atoms with Gasteiger partial charge in [0.05, 0.1) is 17.7 Å². The number of rotatable bonds is 7. The number of benzene rings is 2. The Balaban J connectivity index is 0.000000898. The highest BCUT2D eigenvalue weighted by molar-refractivity contribution is 5.86. The van der Waals surface area contributed by atoms with Crippen molar-refractivity contribution in [3.05, 3.63) is 80.6 Å². The van der Waals surface area contributed by atoms with E-state index in [2.05, 4.69) is 13.8 Å². The summed E-state index contributed by atoms with van der Waals surface area (Å²) in [6.07, 6.45) is 5.76. The van der Waals surface area contributed by atoms with Crippen LogP contribution in [0.2, 0.25) is 0 Å². The molecule has 0 N–H and O–H groups in total. The van der Waals surface area contributed by atoms with E-state index in [0.717, 1.165) is 19.3 Å². The van der Waals surface area contributed by atoms with Crippen LogP contribution in [-0.2, 0) is 22.4 Å². The number of nitrogens with zero attached hydrogens (tertiary/aromatic N) is 1. The van der Waals surface area contributed by atoms with Crippen LogP contribution in [0.15, 0.2) is 41.3 Å². The highest BCUT2D eigenvalue weighted by Crippen LogP contribution is 2.23. The van der Waals surface area contributed by atoms with Crippen molar-refractivity contribution in [1.82, 2.24) is 4.57 Å². The van der Waals surface area contributed by atoms with E-state index in [4.69, 9.17) is 9.47 Å². The molecule has 5 nitrogen and oxygen atoms in total. The van der Waals surface area contributed by atoms with Gasteiger partial charge in [0.15, 0.2) is 18.0 Å². The van der Waals surface area contributed by atoms with Crippen molar-refractivity contribution in [2.75, 3.05) is 13.2 Å². The zero-order valence-corrected chi connectivity index (χ0v) is 22.6. The zero-order chi connectivity index (χ0) is 27.4. The Labute approximate surface area is 218 Å². The van der Waals surface area contributed by atoms with Crippen molar-refractivity contribution in [2.45, 2.75) is 79.6 Å². The molecule has 37 heavy (non-hydrogen) atoms. The standard InChI is InChI=1S/C25H25F2NO4.C3H8.C2H6/c1-16-5-4-6-17(24(16)27)11-18-12-20-22(13-21(18)26)28(14-19(15-29)25(20)30)8-10-32-23-7-2-3-9-31-23;1-3-2;1-2/h4-6,12-15,23H,2-3,7-11H2,1H3;3H2,1-2H3;1-2H3. The zero-order valence-electron chi connectivity index (χ0n) is 22.6. The van der Waals surface area contributed by atoms with E-state index in [0.29, 0.717) is 42.7 Å². The van der Waals surface area contributed by atoms with Gasteiger partial charge in [-0.2, -0.15) is 0 Å².